The Balaban J connectivity index is 3.00. The summed E-state index contributed by atoms with van der Waals surface area (Å²) in [5.41, 5.74) is -0.184. The number of ether oxygens (including phenoxy) is 2. The van der Waals surface area contributed by atoms with E-state index in [0.29, 0.717) is 13.2 Å². The second-order valence-corrected chi connectivity index (χ2v) is 5.98. The molecule has 1 rings (SSSR count). The summed E-state index contributed by atoms with van der Waals surface area (Å²) in [6.45, 7) is 2.76. The molecule has 0 aromatic heterocycles. The molecule has 1 aromatic carbocycles. The average molecular weight is 309 g/mol. The molecule has 0 bridgehead atoms. The summed E-state index contributed by atoms with van der Waals surface area (Å²) in [5.74, 6) is -1.25. The lowest BCUT2D eigenvalue weighted by Gasteiger charge is -2.10. The first-order chi connectivity index (χ1) is 8.86. The lowest BCUT2D eigenvalue weighted by Crippen LogP contribution is -2.09. The fourth-order valence-electron chi connectivity index (χ4n) is 1.31. The number of aromatic carboxylic acids is 1. The number of carboxylic acid groups (broad SMARTS) is 1. The molecule has 6 nitrogen and oxygen atoms in total. The van der Waals surface area contributed by atoms with Crippen LogP contribution in [0.5, 0.6) is 5.75 Å². The maximum absolute atomic E-state index is 11.4. The highest BCUT2D eigenvalue weighted by molar-refractivity contribution is 8.13. The second kappa shape index (κ2) is 6.74. The molecule has 19 heavy (non-hydrogen) atoms. The number of benzene rings is 1. The van der Waals surface area contributed by atoms with Gasteiger partial charge < -0.3 is 14.6 Å². The molecular formula is C11H13ClO6S. The highest BCUT2D eigenvalue weighted by Gasteiger charge is 2.19. The summed E-state index contributed by atoms with van der Waals surface area (Å²) in [6.07, 6.45) is 0. The number of rotatable bonds is 7. The van der Waals surface area contributed by atoms with Gasteiger partial charge in [-0.25, -0.2) is 13.2 Å². The van der Waals surface area contributed by atoms with E-state index < -0.39 is 15.0 Å². The van der Waals surface area contributed by atoms with Crippen LogP contribution in [0.15, 0.2) is 23.1 Å². The monoisotopic (exact) mass is 308 g/mol. The summed E-state index contributed by atoms with van der Waals surface area (Å²) in [7, 11) is 1.16. The first kappa shape index (κ1) is 15.7. The van der Waals surface area contributed by atoms with Gasteiger partial charge in [0.2, 0.25) is 0 Å². The molecule has 1 N–H and O–H groups in total. The van der Waals surface area contributed by atoms with Gasteiger partial charge in [0.15, 0.2) is 0 Å². The van der Waals surface area contributed by atoms with Gasteiger partial charge in [0.25, 0.3) is 9.05 Å². The van der Waals surface area contributed by atoms with Crippen molar-refractivity contribution in [3.63, 3.8) is 0 Å². The molecule has 0 saturated carbocycles. The minimum Gasteiger partial charge on any atom is -0.490 e. The van der Waals surface area contributed by atoms with Gasteiger partial charge in [-0.05, 0) is 25.1 Å². The summed E-state index contributed by atoms with van der Waals surface area (Å²) < 4.78 is 33.0. The third-order valence-corrected chi connectivity index (χ3v) is 3.49. The smallest absolute Gasteiger partial charge is 0.335 e. The van der Waals surface area contributed by atoms with E-state index in [1.165, 1.54) is 12.1 Å². The van der Waals surface area contributed by atoms with Crippen LogP contribution in [0, 0.1) is 0 Å². The first-order valence-electron chi connectivity index (χ1n) is 5.38. The van der Waals surface area contributed by atoms with Crippen molar-refractivity contribution in [1.82, 2.24) is 0 Å². The van der Waals surface area contributed by atoms with E-state index >= 15 is 0 Å². The third kappa shape index (κ3) is 4.70. The Morgan fingerprint density at radius 2 is 2.05 bits per heavy atom. The van der Waals surface area contributed by atoms with Crippen molar-refractivity contribution in [3.05, 3.63) is 23.8 Å². The zero-order valence-electron chi connectivity index (χ0n) is 10.1. The Kier molecular flexibility index (Phi) is 5.59. The van der Waals surface area contributed by atoms with Crippen LogP contribution in [0.25, 0.3) is 0 Å². The maximum atomic E-state index is 11.4. The number of carbonyl (C=O) groups is 1. The molecule has 1 aromatic rings. The van der Waals surface area contributed by atoms with Crippen molar-refractivity contribution < 1.29 is 27.8 Å². The van der Waals surface area contributed by atoms with Crippen molar-refractivity contribution in [2.24, 2.45) is 0 Å². The highest BCUT2D eigenvalue weighted by Crippen LogP contribution is 2.28. The van der Waals surface area contributed by atoms with Crippen molar-refractivity contribution in [2.45, 2.75) is 11.8 Å². The molecule has 0 fully saturated rings. The second-order valence-electron chi connectivity index (χ2n) is 3.45. The topological polar surface area (TPSA) is 89.9 Å². The average Bonchev–Trinajstić information content (AvgIpc) is 2.33. The lowest BCUT2D eigenvalue weighted by molar-refractivity contribution is 0.0696. The molecule has 0 amide bonds. The van der Waals surface area contributed by atoms with Gasteiger partial charge in [0.1, 0.15) is 17.3 Å². The Labute approximate surface area is 115 Å². The molecular weight excluding hydrogens is 296 g/mol. The van der Waals surface area contributed by atoms with Crippen LogP contribution >= 0.6 is 10.7 Å². The first-order valence-corrected chi connectivity index (χ1v) is 7.69. The molecule has 0 aliphatic carbocycles. The Hall–Kier alpha value is -1.31. The lowest BCUT2D eigenvalue weighted by atomic mass is 10.2. The summed E-state index contributed by atoms with van der Waals surface area (Å²) in [4.78, 5) is 10.4. The van der Waals surface area contributed by atoms with Gasteiger partial charge >= 0.3 is 5.97 Å². The van der Waals surface area contributed by atoms with Crippen LogP contribution in [0.2, 0.25) is 0 Å². The predicted molar refractivity (Wildman–Crippen MR) is 68.4 cm³/mol. The van der Waals surface area contributed by atoms with E-state index in [-0.39, 0.29) is 22.8 Å². The van der Waals surface area contributed by atoms with E-state index in [0.717, 1.165) is 6.07 Å². The Bertz CT molecular complexity index is 554. The third-order valence-electron chi connectivity index (χ3n) is 2.14. The van der Waals surface area contributed by atoms with Crippen LogP contribution in [0.4, 0.5) is 0 Å². The minimum atomic E-state index is -4.09. The van der Waals surface area contributed by atoms with Crippen molar-refractivity contribution in [2.75, 3.05) is 19.8 Å². The fraction of sp³-hybridized carbons (Fsp3) is 0.364. The number of halogens is 1. The standard InChI is InChI=1S/C11H13ClO6S/c1-2-17-5-6-18-9-4-3-8(11(13)14)7-10(9)19(12,15)16/h3-4,7H,2,5-6H2,1H3,(H,13,14). The minimum absolute atomic E-state index is 0.000275. The molecule has 0 saturated heterocycles. The van der Waals surface area contributed by atoms with Crippen molar-refractivity contribution in [3.8, 4) is 5.75 Å². The predicted octanol–water partition coefficient (Wildman–Crippen LogP) is 1.73. The molecule has 0 aliphatic heterocycles. The number of hydrogen-bond acceptors (Lipinski definition) is 5. The van der Waals surface area contributed by atoms with E-state index in [1.54, 1.807) is 0 Å². The van der Waals surface area contributed by atoms with Gasteiger partial charge in [-0.1, -0.05) is 0 Å². The molecule has 106 valence electrons. The molecule has 8 heteroatoms. The summed E-state index contributed by atoms with van der Waals surface area (Å²) in [6, 6.07) is 3.45. The van der Waals surface area contributed by atoms with Crippen molar-refractivity contribution in [1.29, 1.82) is 0 Å². The molecule has 0 unspecified atom stereocenters. The van der Waals surface area contributed by atoms with Crippen LogP contribution in [-0.2, 0) is 13.8 Å². The molecule has 0 aliphatic rings. The van der Waals surface area contributed by atoms with Crippen LogP contribution in [-0.4, -0.2) is 39.3 Å². The normalized spacial score (nSPS) is 11.3. The van der Waals surface area contributed by atoms with E-state index in [2.05, 4.69) is 0 Å². The maximum Gasteiger partial charge on any atom is 0.335 e. The molecule has 0 heterocycles. The van der Waals surface area contributed by atoms with Gasteiger partial charge in [0, 0.05) is 17.3 Å². The van der Waals surface area contributed by atoms with E-state index in [4.69, 9.17) is 25.3 Å². The summed E-state index contributed by atoms with van der Waals surface area (Å²) >= 11 is 0. The quantitative estimate of drug-likeness (QED) is 0.609. The van der Waals surface area contributed by atoms with E-state index in [9.17, 15) is 13.2 Å². The number of hydrogen-bond donors (Lipinski definition) is 1. The van der Waals surface area contributed by atoms with Gasteiger partial charge in [-0.2, -0.15) is 0 Å². The van der Waals surface area contributed by atoms with Gasteiger partial charge in [0.05, 0.1) is 12.2 Å². The van der Waals surface area contributed by atoms with Crippen LogP contribution in [0.1, 0.15) is 17.3 Å². The zero-order valence-corrected chi connectivity index (χ0v) is 11.7. The van der Waals surface area contributed by atoms with Gasteiger partial charge in [-0.3, -0.25) is 0 Å². The van der Waals surface area contributed by atoms with Crippen LogP contribution < -0.4 is 4.74 Å². The summed E-state index contributed by atoms with van der Waals surface area (Å²) in [5, 5.41) is 8.81. The van der Waals surface area contributed by atoms with Gasteiger partial charge in [-0.15, -0.1) is 0 Å². The fourth-order valence-corrected chi connectivity index (χ4v) is 2.30. The van der Waals surface area contributed by atoms with Crippen molar-refractivity contribution >= 4 is 25.7 Å². The van der Waals surface area contributed by atoms with Crippen LogP contribution in [0.3, 0.4) is 0 Å². The SMILES string of the molecule is CCOCCOc1ccc(C(=O)O)cc1S(=O)(=O)Cl. The zero-order chi connectivity index (χ0) is 14.5. The molecule has 0 atom stereocenters. The molecule has 0 spiro atoms. The largest absolute Gasteiger partial charge is 0.490 e. The Morgan fingerprint density at radius 3 is 2.58 bits per heavy atom. The Morgan fingerprint density at radius 1 is 1.37 bits per heavy atom. The highest BCUT2D eigenvalue weighted by atomic mass is 35.7. The van der Waals surface area contributed by atoms with E-state index in [1.807, 2.05) is 6.92 Å². The molecule has 0 radical (unpaired) electrons. The number of carboxylic acids is 1.